The van der Waals surface area contributed by atoms with Gasteiger partial charge < -0.3 is 9.88 Å². The second-order valence-corrected chi connectivity index (χ2v) is 3.62. The van der Waals surface area contributed by atoms with Crippen molar-refractivity contribution in [3.63, 3.8) is 0 Å². The number of amides is 1. The molecule has 1 aliphatic rings. The first-order chi connectivity index (χ1) is 6.83. The Morgan fingerprint density at radius 2 is 2.57 bits per heavy atom. The Kier molecular flexibility index (Phi) is 2.52. The molecule has 0 spiro atoms. The van der Waals surface area contributed by atoms with Gasteiger partial charge in [-0.2, -0.15) is 0 Å². The van der Waals surface area contributed by atoms with E-state index in [1.165, 1.54) is 0 Å². The zero-order valence-corrected chi connectivity index (χ0v) is 8.36. The summed E-state index contributed by atoms with van der Waals surface area (Å²) >= 11 is 0. The van der Waals surface area contributed by atoms with Crippen molar-refractivity contribution in [3.05, 3.63) is 18.2 Å². The Bertz CT molecular complexity index is 307. The number of rotatable bonds is 3. The summed E-state index contributed by atoms with van der Waals surface area (Å²) in [5.74, 6) is 0.270. The van der Waals surface area contributed by atoms with Crippen LogP contribution in [-0.4, -0.2) is 27.3 Å². The van der Waals surface area contributed by atoms with E-state index in [0.29, 0.717) is 6.42 Å². The summed E-state index contributed by atoms with van der Waals surface area (Å²) in [6, 6.07) is 0.187. The molecular weight excluding hydrogens is 178 g/mol. The van der Waals surface area contributed by atoms with Gasteiger partial charge in [-0.25, -0.2) is 4.98 Å². The molecule has 1 aromatic rings. The molecule has 0 bridgehead atoms. The summed E-state index contributed by atoms with van der Waals surface area (Å²) in [6.45, 7) is 2.98. The molecule has 1 aliphatic heterocycles. The highest BCUT2D eigenvalue weighted by Crippen LogP contribution is 2.26. The van der Waals surface area contributed by atoms with Crippen molar-refractivity contribution in [2.45, 2.75) is 32.2 Å². The molecule has 76 valence electrons. The molecule has 1 amide bonds. The molecule has 4 heteroatoms. The third-order valence-corrected chi connectivity index (χ3v) is 2.75. The number of carbonyl (C=O) groups excluding carboxylic acids is 1. The first kappa shape index (κ1) is 9.24. The topological polar surface area (TPSA) is 49.0 Å². The predicted molar refractivity (Wildman–Crippen MR) is 52.6 cm³/mol. The summed E-state index contributed by atoms with van der Waals surface area (Å²) in [5.41, 5.74) is 1.04. The Labute approximate surface area is 83.3 Å². The molecular formula is C10H15N3O. The minimum atomic E-state index is 0.187. The maximum atomic E-state index is 11.6. The first-order valence-electron chi connectivity index (χ1n) is 5.10. The number of hydrogen-bond donors (Lipinski definition) is 1. The molecule has 0 unspecified atom stereocenters. The number of carbonyl (C=O) groups is 1. The number of nitrogens with zero attached hydrogens (tertiary/aromatic N) is 2. The van der Waals surface area contributed by atoms with Crippen LogP contribution in [0, 0.1) is 0 Å². The van der Waals surface area contributed by atoms with Crippen LogP contribution in [0.4, 0.5) is 0 Å². The molecule has 0 aliphatic carbocycles. The number of likely N-dealkylation sites (tertiary alicyclic amines) is 1. The summed E-state index contributed by atoms with van der Waals surface area (Å²) in [4.78, 5) is 20.6. The number of nitrogens with one attached hydrogen (secondary N) is 1. The van der Waals surface area contributed by atoms with E-state index in [4.69, 9.17) is 0 Å². The molecule has 2 rings (SSSR count). The SMILES string of the molecule is CC[C@H](c1cnc[nH]1)N1CCCC1=O. The average Bonchev–Trinajstić information content (AvgIpc) is 2.80. The minimum absolute atomic E-state index is 0.187. The van der Waals surface area contributed by atoms with Gasteiger partial charge in [0.1, 0.15) is 0 Å². The van der Waals surface area contributed by atoms with Crippen LogP contribution < -0.4 is 0 Å². The van der Waals surface area contributed by atoms with E-state index in [1.807, 2.05) is 4.90 Å². The highest BCUT2D eigenvalue weighted by molar-refractivity contribution is 5.78. The van der Waals surface area contributed by atoms with Crippen LogP contribution in [0.2, 0.25) is 0 Å². The van der Waals surface area contributed by atoms with Crippen molar-refractivity contribution in [2.75, 3.05) is 6.54 Å². The van der Waals surface area contributed by atoms with Gasteiger partial charge in [-0.15, -0.1) is 0 Å². The van der Waals surface area contributed by atoms with E-state index in [1.54, 1.807) is 12.5 Å². The van der Waals surface area contributed by atoms with Crippen molar-refractivity contribution in [1.29, 1.82) is 0 Å². The Balaban J connectivity index is 2.17. The van der Waals surface area contributed by atoms with Gasteiger partial charge in [-0.05, 0) is 12.8 Å². The van der Waals surface area contributed by atoms with Gasteiger partial charge >= 0.3 is 0 Å². The van der Waals surface area contributed by atoms with Gasteiger partial charge in [0.2, 0.25) is 5.91 Å². The molecule has 14 heavy (non-hydrogen) atoms. The van der Waals surface area contributed by atoms with Crippen molar-refractivity contribution in [2.24, 2.45) is 0 Å². The third-order valence-electron chi connectivity index (χ3n) is 2.75. The first-order valence-corrected chi connectivity index (χ1v) is 5.10. The molecule has 0 radical (unpaired) electrons. The predicted octanol–water partition coefficient (Wildman–Crippen LogP) is 1.48. The number of aromatic nitrogens is 2. The smallest absolute Gasteiger partial charge is 0.223 e. The fourth-order valence-corrected chi connectivity index (χ4v) is 2.06. The maximum Gasteiger partial charge on any atom is 0.223 e. The third kappa shape index (κ3) is 1.52. The summed E-state index contributed by atoms with van der Waals surface area (Å²) in [5, 5.41) is 0. The lowest BCUT2D eigenvalue weighted by Crippen LogP contribution is -2.29. The Morgan fingerprint density at radius 3 is 3.07 bits per heavy atom. The van der Waals surface area contributed by atoms with Crippen LogP contribution in [0.1, 0.15) is 37.9 Å². The molecule has 0 saturated carbocycles. The van der Waals surface area contributed by atoms with Crippen molar-refractivity contribution in [1.82, 2.24) is 14.9 Å². The van der Waals surface area contributed by atoms with Crippen LogP contribution in [0.25, 0.3) is 0 Å². The molecule has 0 aromatic carbocycles. The van der Waals surface area contributed by atoms with Gasteiger partial charge in [0.05, 0.1) is 24.3 Å². The molecule has 2 heterocycles. The summed E-state index contributed by atoms with van der Waals surface area (Å²) in [6.07, 6.45) is 6.10. The number of H-pyrrole nitrogens is 1. The van der Waals surface area contributed by atoms with Gasteiger partial charge in [-0.3, -0.25) is 4.79 Å². The van der Waals surface area contributed by atoms with E-state index in [9.17, 15) is 4.79 Å². The summed E-state index contributed by atoms with van der Waals surface area (Å²) < 4.78 is 0. The van der Waals surface area contributed by atoms with Crippen molar-refractivity contribution in [3.8, 4) is 0 Å². The zero-order valence-electron chi connectivity index (χ0n) is 8.36. The normalized spacial score (nSPS) is 18.9. The molecule has 1 atom stereocenters. The van der Waals surface area contributed by atoms with E-state index in [2.05, 4.69) is 16.9 Å². The molecule has 1 saturated heterocycles. The van der Waals surface area contributed by atoms with Gasteiger partial charge in [0.15, 0.2) is 0 Å². The zero-order chi connectivity index (χ0) is 9.97. The number of aromatic amines is 1. The number of hydrogen-bond acceptors (Lipinski definition) is 2. The van der Waals surface area contributed by atoms with E-state index in [0.717, 1.165) is 25.1 Å². The van der Waals surface area contributed by atoms with Crippen LogP contribution in [0.5, 0.6) is 0 Å². The van der Waals surface area contributed by atoms with Crippen LogP contribution >= 0.6 is 0 Å². The van der Waals surface area contributed by atoms with Crippen LogP contribution in [0.15, 0.2) is 12.5 Å². The lowest BCUT2D eigenvalue weighted by atomic mass is 10.1. The lowest BCUT2D eigenvalue weighted by Gasteiger charge is -2.25. The van der Waals surface area contributed by atoms with E-state index in [-0.39, 0.29) is 11.9 Å². The van der Waals surface area contributed by atoms with Crippen molar-refractivity contribution < 1.29 is 4.79 Å². The lowest BCUT2D eigenvalue weighted by molar-refractivity contribution is -0.129. The Morgan fingerprint density at radius 1 is 1.71 bits per heavy atom. The van der Waals surface area contributed by atoms with Gasteiger partial charge in [0, 0.05) is 13.0 Å². The molecule has 1 aromatic heterocycles. The van der Waals surface area contributed by atoms with Gasteiger partial charge in [0.25, 0.3) is 0 Å². The average molecular weight is 193 g/mol. The second kappa shape index (κ2) is 3.82. The van der Waals surface area contributed by atoms with Gasteiger partial charge in [-0.1, -0.05) is 6.92 Å². The van der Waals surface area contributed by atoms with Crippen LogP contribution in [0.3, 0.4) is 0 Å². The monoisotopic (exact) mass is 193 g/mol. The molecule has 1 N–H and O–H groups in total. The molecule has 1 fully saturated rings. The van der Waals surface area contributed by atoms with E-state index < -0.39 is 0 Å². The number of imidazole rings is 1. The highest BCUT2D eigenvalue weighted by atomic mass is 16.2. The highest BCUT2D eigenvalue weighted by Gasteiger charge is 2.28. The quantitative estimate of drug-likeness (QED) is 0.790. The largest absolute Gasteiger partial charge is 0.347 e. The fraction of sp³-hybridized carbons (Fsp3) is 0.600. The minimum Gasteiger partial charge on any atom is -0.347 e. The second-order valence-electron chi connectivity index (χ2n) is 3.62. The van der Waals surface area contributed by atoms with Crippen LogP contribution in [-0.2, 0) is 4.79 Å². The standard InChI is InChI=1S/C10H15N3O/c1-2-9(8-6-11-7-12-8)13-5-3-4-10(13)14/h6-7,9H,2-5H2,1H3,(H,11,12)/t9-/m1/s1. The maximum absolute atomic E-state index is 11.6. The van der Waals surface area contributed by atoms with Crippen molar-refractivity contribution >= 4 is 5.91 Å². The molecule has 4 nitrogen and oxygen atoms in total. The Hall–Kier alpha value is -1.32. The fourth-order valence-electron chi connectivity index (χ4n) is 2.06. The summed E-state index contributed by atoms with van der Waals surface area (Å²) in [7, 11) is 0. The van der Waals surface area contributed by atoms with E-state index >= 15 is 0 Å².